The maximum absolute atomic E-state index is 2.75. The molecule has 0 atom stereocenters. The van der Waals surface area contributed by atoms with Crippen molar-refractivity contribution in [3.8, 4) is 0 Å². The van der Waals surface area contributed by atoms with Gasteiger partial charge >= 0.3 is 0 Å². The normalized spacial score (nSPS) is 61.3. The zero-order chi connectivity index (χ0) is 11.8. The van der Waals surface area contributed by atoms with Crippen molar-refractivity contribution in [3.05, 3.63) is 0 Å². The third kappa shape index (κ3) is 1.18. The summed E-state index contributed by atoms with van der Waals surface area (Å²) >= 11 is 4.68. The molecule has 0 aromatic rings. The SMILES string of the molecule is C1CSC2([NH2+]1)C1CC3CC2CC(C1)C31[NH2+]CCS1. The fraction of sp³-hybridized carbons (Fsp3) is 1.00. The lowest BCUT2D eigenvalue weighted by Crippen LogP contribution is -3.02. The van der Waals surface area contributed by atoms with Crippen molar-refractivity contribution in [2.45, 2.75) is 35.4 Å². The largest absolute Gasteiger partial charge is 0.332 e. The predicted octanol–water partition coefficient (Wildman–Crippen LogP) is 0.0654. The molecule has 2 heterocycles. The van der Waals surface area contributed by atoms with Gasteiger partial charge in [-0.2, -0.15) is 0 Å². The van der Waals surface area contributed by atoms with E-state index in [1.807, 2.05) is 0 Å². The van der Waals surface area contributed by atoms with Gasteiger partial charge in [0.1, 0.15) is 9.74 Å². The predicted molar refractivity (Wildman–Crippen MR) is 76.4 cm³/mol. The standard InChI is InChI=1S/C14H22N2S2/c1-3-17-13(15-1)9-5-11-7-10(13)8-12(6-9)14(11)16-2-4-18-14/h9-12,15-16H,1-8H2/p+2. The molecule has 0 aromatic carbocycles. The molecule has 18 heavy (non-hydrogen) atoms. The number of rotatable bonds is 0. The minimum atomic E-state index is 0.651. The average Bonchev–Trinajstić information content (AvgIpc) is 2.99. The first-order valence-corrected chi connectivity index (χ1v) is 9.77. The Balaban J connectivity index is 1.52. The van der Waals surface area contributed by atoms with Crippen molar-refractivity contribution in [1.29, 1.82) is 0 Å². The molecule has 2 nitrogen and oxygen atoms in total. The Morgan fingerprint density at radius 1 is 0.667 bits per heavy atom. The monoisotopic (exact) mass is 284 g/mol. The number of quaternary nitrogens is 2. The van der Waals surface area contributed by atoms with E-state index in [0.717, 1.165) is 23.7 Å². The van der Waals surface area contributed by atoms with Crippen molar-refractivity contribution in [1.82, 2.24) is 0 Å². The van der Waals surface area contributed by atoms with Gasteiger partial charge in [0.25, 0.3) is 0 Å². The third-order valence-corrected chi connectivity index (χ3v) is 10.2. The average molecular weight is 284 g/mol. The van der Waals surface area contributed by atoms with E-state index in [-0.39, 0.29) is 0 Å². The van der Waals surface area contributed by atoms with E-state index in [0.29, 0.717) is 9.74 Å². The molecular weight excluding hydrogens is 260 g/mol. The van der Waals surface area contributed by atoms with Crippen molar-refractivity contribution in [3.63, 3.8) is 0 Å². The highest BCUT2D eigenvalue weighted by atomic mass is 32.2. The first-order valence-electron chi connectivity index (χ1n) is 7.80. The second-order valence-electron chi connectivity index (χ2n) is 7.12. The van der Waals surface area contributed by atoms with Crippen LogP contribution in [0.2, 0.25) is 0 Å². The van der Waals surface area contributed by atoms with Crippen LogP contribution >= 0.6 is 23.5 Å². The van der Waals surface area contributed by atoms with E-state index in [1.54, 1.807) is 25.7 Å². The number of hydrogen-bond acceptors (Lipinski definition) is 2. The Kier molecular flexibility index (Phi) is 2.28. The van der Waals surface area contributed by atoms with Crippen LogP contribution in [0.3, 0.4) is 0 Å². The van der Waals surface area contributed by atoms with E-state index in [2.05, 4.69) is 34.2 Å². The van der Waals surface area contributed by atoms with Crippen molar-refractivity contribution < 1.29 is 10.6 Å². The Bertz CT molecular complexity index is 306. The number of hydrogen-bond donors (Lipinski definition) is 2. The zero-order valence-electron chi connectivity index (χ0n) is 10.9. The molecule has 0 radical (unpaired) electrons. The summed E-state index contributed by atoms with van der Waals surface area (Å²) in [6, 6.07) is 0. The fourth-order valence-corrected chi connectivity index (χ4v) is 9.56. The van der Waals surface area contributed by atoms with Crippen molar-refractivity contribution in [2.75, 3.05) is 24.6 Å². The maximum Gasteiger partial charge on any atom is 0.148 e. The Morgan fingerprint density at radius 3 is 1.33 bits per heavy atom. The summed E-state index contributed by atoms with van der Waals surface area (Å²) in [4.78, 5) is 1.30. The first kappa shape index (κ1) is 11.3. The molecule has 0 unspecified atom stereocenters. The third-order valence-electron chi connectivity index (χ3n) is 6.69. The quantitative estimate of drug-likeness (QED) is 0.660. The lowest BCUT2D eigenvalue weighted by molar-refractivity contribution is -0.736. The minimum absolute atomic E-state index is 0.651. The highest BCUT2D eigenvalue weighted by molar-refractivity contribution is 8.01. The molecule has 0 aromatic heterocycles. The van der Waals surface area contributed by atoms with Gasteiger partial charge in [-0.15, -0.1) is 0 Å². The Hall–Kier alpha value is 0.620. The molecule has 4 heteroatoms. The smallest absolute Gasteiger partial charge is 0.148 e. The van der Waals surface area contributed by atoms with Crippen LogP contribution in [-0.2, 0) is 0 Å². The highest BCUT2D eigenvalue weighted by Gasteiger charge is 2.70. The summed E-state index contributed by atoms with van der Waals surface area (Å²) in [7, 11) is 0. The Labute approximate surface area is 118 Å². The molecule has 4 saturated carbocycles. The summed E-state index contributed by atoms with van der Waals surface area (Å²) < 4.78 is 0. The van der Waals surface area contributed by atoms with Crippen molar-refractivity contribution >= 4 is 23.5 Å². The van der Waals surface area contributed by atoms with E-state index >= 15 is 0 Å². The molecule has 6 fully saturated rings. The van der Waals surface area contributed by atoms with Gasteiger partial charge in [0.2, 0.25) is 0 Å². The number of nitrogens with two attached hydrogens (primary N) is 2. The van der Waals surface area contributed by atoms with Crippen LogP contribution in [0.25, 0.3) is 0 Å². The summed E-state index contributed by atoms with van der Waals surface area (Å²) in [5, 5.41) is 5.51. The van der Waals surface area contributed by atoms with Gasteiger partial charge in [0, 0.05) is 35.2 Å². The molecule has 2 aliphatic heterocycles. The van der Waals surface area contributed by atoms with Crippen LogP contribution in [0.4, 0.5) is 0 Å². The second-order valence-corrected chi connectivity index (χ2v) is 9.93. The van der Waals surface area contributed by atoms with E-state index in [1.165, 1.54) is 24.6 Å². The summed E-state index contributed by atoms with van der Waals surface area (Å²) in [6.07, 6.45) is 6.22. The van der Waals surface area contributed by atoms with Gasteiger partial charge in [0.05, 0.1) is 13.1 Å². The lowest BCUT2D eigenvalue weighted by atomic mass is 9.51. The minimum Gasteiger partial charge on any atom is -0.332 e. The van der Waals surface area contributed by atoms with Gasteiger partial charge in [0.15, 0.2) is 0 Å². The molecular formula is C14H24N2S2+2. The van der Waals surface area contributed by atoms with Crippen LogP contribution in [0.5, 0.6) is 0 Å². The van der Waals surface area contributed by atoms with Crippen LogP contribution in [0.1, 0.15) is 25.7 Å². The lowest BCUT2D eigenvalue weighted by Gasteiger charge is -2.62. The van der Waals surface area contributed by atoms with Gasteiger partial charge < -0.3 is 10.6 Å². The fourth-order valence-electron chi connectivity index (χ4n) is 6.20. The summed E-state index contributed by atoms with van der Waals surface area (Å²) in [5.74, 6) is 7.02. The summed E-state index contributed by atoms with van der Waals surface area (Å²) in [6.45, 7) is 2.78. The summed E-state index contributed by atoms with van der Waals surface area (Å²) in [5.41, 5.74) is 0. The second kappa shape index (κ2) is 3.63. The van der Waals surface area contributed by atoms with Crippen LogP contribution in [-0.4, -0.2) is 34.3 Å². The van der Waals surface area contributed by atoms with Gasteiger partial charge in [-0.1, -0.05) is 23.5 Å². The molecule has 6 aliphatic rings. The molecule has 6 rings (SSSR count). The van der Waals surface area contributed by atoms with E-state index in [4.69, 9.17) is 0 Å². The maximum atomic E-state index is 2.75. The van der Waals surface area contributed by atoms with E-state index < -0.39 is 0 Å². The van der Waals surface area contributed by atoms with Crippen LogP contribution < -0.4 is 10.6 Å². The molecule has 4 bridgehead atoms. The van der Waals surface area contributed by atoms with E-state index in [9.17, 15) is 0 Å². The van der Waals surface area contributed by atoms with Crippen LogP contribution in [0, 0.1) is 23.7 Å². The molecule has 4 aliphatic carbocycles. The number of thioether (sulfide) groups is 2. The molecule has 2 spiro atoms. The Morgan fingerprint density at radius 2 is 1.06 bits per heavy atom. The first-order chi connectivity index (χ1) is 8.83. The molecule has 100 valence electrons. The molecule has 0 amide bonds. The highest BCUT2D eigenvalue weighted by Crippen LogP contribution is 2.65. The van der Waals surface area contributed by atoms with Gasteiger partial charge in [-0.25, -0.2) is 0 Å². The van der Waals surface area contributed by atoms with Gasteiger partial charge in [-0.3, -0.25) is 0 Å². The van der Waals surface area contributed by atoms with Crippen LogP contribution in [0.15, 0.2) is 0 Å². The zero-order valence-corrected chi connectivity index (χ0v) is 12.6. The van der Waals surface area contributed by atoms with Crippen molar-refractivity contribution in [2.24, 2.45) is 23.7 Å². The molecule has 4 N–H and O–H groups in total. The van der Waals surface area contributed by atoms with Gasteiger partial charge in [-0.05, 0) is 25.7 Å². The molecule has 2 saturated heterocycles. The topological polar surface area (TPSA) is 33.2 Å².